The van der Waals surface area contributed by atoms with Crippen LogP contribution in [0.1, 0.15) is 66.6 Å². The number of aryl methyl sites for hydroxylation is 2. The molecule has 0 fully saturated rings. The van der Waals surface area contributed by atoms with E-state index in [9.17, 15) is 14.7 Å². The first kappa shape index (κ1) is 26.4. The van der Waals surface area contributed by atoms with E-state index in [0.717, 1.165) is 42.4 Å². The molecule has 2 rings (SSSR count). The molecule has 0 bridgehead atoms. The highest BCUT2D eigenvalue weighted by atomic mass is 16.7. The number of carbonyl (C=O) groups excluding carboxylic acids is 1. The van der Waals surface area contributed by atoms with Crippen LogP contribution in [0.3, 0.4) is 0 Å². The maximum absolute atomic E-state index is 12.4. The van der Waals surface area contributed by atoms with Crippen molar-refractivity contribution in [3.05, 3.63) is 58.7 Å². The van der Waals surface area contributed by atoms with Gasteiger partial charge in [0.25, 0.3) is 5.91 Å². The summed E-state index contributed by atoms with van der Waals surface area (Å²) in [6, 6.07) is 11.2. The normalized spacial score (nSPS) is 11.8. The SMILES string of the molecule is CCCCCCNc1cccc(NC(=O)COC(C)OCc2cc(C)cc(C)c2)c1C(=O)O. The van der Waals surface area contributed by atoms with Crippen molar-refractivity contribution in [2.24, 2.45) is 0 Å². The van der Waals surface area contributed by atoms with Crippen LogP contribution >= 0.6 is 0 Å². The molecule has 7 nitrogen and oxygen atoms in total. The molecule has 1 unspecified atom stereocenters. The molecule has 33 heavy (non-hydrogen) atoms. The average Bonchev–Trinajstić information content (AvgIpc) is 2.75. The number of nitrogens with one attached hydrogen (secondary N) is 2. The van der Waals surface area contributed by atoms with Gasteiger partial charge in [-0.1, -0.05) is 61.6 Å². The monoisotopic (exact) mass is 456 g/mol. The van der Waals surface area contributed by atoms with Crippen LogP contribution in [0, 0.1) is 13.8 Å². The Bertz CT molecular complexity index is 909. The standard InChI is InChI=1S/C26H36N2O5/c1-5-6-7-8-12-27-22-10-9-11-23(25(22)26(30)31)28-24(29)17-33-20(4)32-16-21-14-18(2)13-19(3)15-21/h9-11,13-15,20,27H,5-8,12,16-17H2,1-4H3,(H,28,29)(H,30,31). The van der Waals surface area contributed by atoms with E-state index >= 15 is 0 Å². The number of hydrogen-bond donors (Lipinski definition) is 3. The number of unbranched alkanes of at least 4 members (excludes halogenated alkanes) is 3. The lowest BCUT2D eigenvalue weighted by Gasteiger charge is -2.16. The van der Waals surface area contributed by atoms with Gasteiger partial charge in [0.15, 0.2) is 6.29 Å². The van der Waals surface area contributed by atoms with Crippen molar-refractivity contribution in [1.29, 1.82) is 0 Å². The predicted octanol–water partition coefficient (Wildman–Crippen LogP) is 5.51. The minimum atomic E-state index is -1.10. The van der Waals surface area contributed by atoms with E-state index < -0.39 is 18.2 Å². The highest BCUT2D eigenvalue weighted by Gasteiger charge is 2.17. The third-order valence-corrected chi connectivity index (χ3v) is 5.11. The number of carboxylic acid groups (broad SMARTS) is 1. The second-order valence-electron chi connectivity index (χ2n) is 8.25. The number of rotatable bonds is 14. The molecule has 2 aromatic carbocycles. The molecule has 7 heteroatoms. The van der Waals surface area contributed by atoms with Crippen LogP contribution in [0.15, 0.2) is 36.4 Å². The lowest BCUT2D eigenvalue weighted by Crippen LogP contribution is -2.24. The van der Waals surface area contributed by atoms with Gasteiger partial charge >= 0.3 is 5.97 Å². The molecule has 1 amide bonds. The van der Waals surface area contributed by atoms with Crippen LogP contribution in [0.4, 0.5) is 11.4 Å². The van der Waals surface area contributed by atoms with Gasteiger partial charge in [0.1, 0.15) is 12.2 Å². The molecule has 0 aromatic heterocycles. The Labute approximate surface area is 196 Å². The summed E-state index contributed by atoms with van der Waals surface area (Å²) in [6.07, 6.45) is 3.74. The van der Waals surface area contributed by atoms with E-state index in [1.54, 1.807) is 25.1 Å². The van der Waals surface area contributed by atoms with Crippen LogP contribution in [0.5, 0.6) is 0 Å². The second kappa shape index (κ2) is 13.6. The van der Waals surface area contributed by atoms with Crippen molar-refractivity contribution >= 4 is 23.3 Å². The van der Waals surface area contributed by atoms with Crippen LogP contribution in [0.25, 0.3) is 0 Å². The molecular weight excluding hydrogens is 420 g/mol. The highest BCUT2D eigenvalue weighted by Crippen LogP contribution is 2.25. The summed E-state index contributed by atoms with van der Waals surface area (Å²) in [4.78, 5) is 24.2. The predicted molar refractivity (Wildman–Crippen MR) is 131 cm³/mol. The molecule has 0 radical (unpaired) electrons. The maximum Gasteiger partial charge on any atom is 0.339 e. The van der Waals surface area contributed by atoms with Gasteiger partial charge in [0, 0.05) is 6.54 Å². The molecular formula is C26H36N2O5. The van der Waals surface area contributed by atoms with E-state index in [4.69, 9.17) is 9.47 Å². The van der Waals surface area contributed by atoms with Crippen molar-refractivity contribution in [1.82, 2.24) is 0 Å². The first-order valence-electron chi connectivity index (χ1n) is 11.5. The minimum absolute atomic E-state index is 0.0421. The van der Waals surface area contributed by atoms with Crippen LogP contribution in [-0.4, -0.2) is 36.4 Å². The third kappa shape index (κ3) is 9.24. The summed E-state index contributed by atoms with van der Waals surface area (Å²) in [5.74, 6) is -1.55. The number of ether oxygens (including phenoxy) is 2. The molecule has 0 aliphatic carbocycles. The summed E-state index contributed by atoms with van der Waals surface area (Å²) < 4.78 is 11.2. The van der Waals surface area contributed by atoms with Gasteiger partial charge in [-0.05, 0) is 44.9 Å². The number of benzene rings is 2. The lowest BCUT2D eigenvalue weighted by atomic mass is 10.1. The first-order chi connectivity index (χ1) is 15.8. The summed E-state index contributed by atoms with van der Waals surface area (Å²) >= 11 is 0. The number of carbonyl (C=O) groups is 2. The fourth-order valence-electron chi connectivity index (χ4n) is 3.60. The highest BCUT2D eigenvalue weighted by molar-refractivity contribution is 6.04. The van der Waals surface area contributed by atoms with E-state index in [2.05, 4.69) is 23.6 Å². The maximum atomic E-state index is 12.4. The van der Waals surface area contributed by atoms with Crippen molar-refractivity contribution in [2.45, 2.75) is 66.3 Å². The fraction of sp³-hybridized carbons (Fsp3) is 0.462. The Morgan fingerprint density at radius 2 is 1.70 bits per heavy atom. The molecule has 0 spiro atoms. The van der Waals surface area contributed by atoms with Gasteiger partial charge in [-0.2, -0.15) is 0 Å². The Morgan fingerprint density at radius 3 is 2.36 bits per heavy atom. The van der Waals surface area contributed by atoms with E-state index in [0.29, 0.717) is 18.8 Å². The number of anilines is 2. The topological polar surface area (TPSA) is 96.9 Å². The Kier molecular flexibility index (Phi) is 10.9. The molecule has 0 aliphatic heterocycles. The van der Waals surface area contributed by atoms with Crippen LogP contribution in [-0.2, 0) is 20.9 Å². The van der Waals surface area contributed by atoms with E-state index in [-0.39, 0.29) is 17.9 Å². The number of amides is 1. The molecule has 180 valence electrons. The summed E-state index contributed by atoms with van der Waals surface area (Å²) in [7, 11) is 0. The van der Waals surface area contributed by atoms with Crippen molar-refractivity contribution in [3.8, 4) is 0 Å². The molecule has 2 aromatic rings. The van der Waals surface area contributed by atoms with Crippen LogP contribution < -0.4 is 10.6 Å². The zero-order chi connectivity index (χ0) is 24.2. The largest absolute Gasteiger partial charge is 0.478 e. The first-order valence-corrected chi connectivity index (χ1v) is 11.5. The Morgan fingerprint density at radius 1 is 1.00 bits per heavy atom. The Hall–Kier alpha value is -2.90. The summed E-state index contributed by atoms with van der Waals surface area (Å²) in [6.45, 7) is 8.73. The van der Waals surface area contributed by atoms with Gasteiger partial charge in [-0.3, -0.25) is 4.79 Å². The summed E-state index contributed by atoms with van der Waals surface area (Å²) in [5, 5.41) is 15.5. The molecule has 0 aliphatic rings. The van der Waals surface area contributed by atoms with Gasteiger partial charge < -0.3 is 25.2 Å². The van der Waals surface area contributed by atoms with Crippen molar-refractivity contribution in [2.75, 3.05) is 23.8 Å². The van der Waals surface area contributed by atoms with E-state index in [1.165, 1.54) is 0 Å². The van der Waals surface area contributed by atoms with Gasteiger partial charge in [0.05, 0.1) is 18.0 Å². The fourth-order valence-corrected chi connectivity index (χ4v) is 3.60. The Balaban J connectivity index is 1.87. The second-order valence-corrected chi connectivity index (χ2v) is 8.25. The number of aromatic carboxylic acids is 1. The van der Waals surface area contributed by atoms with Gasteiger partial charge in [-0.15, -0.1) is 0 Å². The van der Waals surface area contributed by atoms with Crippen LogP contribution in [0.2, 0.25) is 0 Å². The molecule has 0 heterocycles. The van der Waals surface area contributed by atoms with Gasteiger partial charge in [-0.25, -0.2) is 4.79 Å². The molecule has 3 N–H and O–H groups in total. The average molecular weight is 457 g/mol. The van der Waals surface area contributed by atoms with Gasteiger partial charge in [0.2, 0.25) is 0 Å². The number of hydrogen-bond acceptors (Lipinski definition) is 5. The third-order valence-electron chi connectivity index (χ3n) is 5.11. The molecule has 0 saturated carbocycles. The summed E-state index contributed by atoms with van der Waals surface area (Å²) in [5.41, 5.74) is 4.13. The minimum Gasteiger partial charge on any atom is -0.478 e. The van der Waals surface area contributed by atoms with E-state index in [1.807, 2.05) is 26.0 Å². The smallest absolute Gasteiger partial charge is 0.339 e. The number of carboxylic acids is 1. The lowest BCUT2D eigenvalue weighted by molar-refractivity contribution is -0.151. The molecule has 0 saturated heterocycles. The van der Waals surface area contributed by atoms with Crippen molar-refractivity contribution < 1.29 is 24.2 Å². The zero-order valence-electron chi connectivity index (χ0n) is 20.1. The quantitative estimate of drug-likeness (QED) is 0.256. The zero-order valence-corrected chi connectivity index (χ0v) is 20.1. The molecule has 1 atom stereocenters. The van der Waals surface area contributed by atoms with Crippen molar-refractivity contribution in [3.63, 3.8) is 0 Å².